The molecule has 0 aromatic rings. The van der Waals surface area contributed by atoms with Gasteiger partial charge in [-0.3, -0.25) is 13.8 Å². The monoisotopic (exact) mass is 1070 g/mol. The summed E-state index contributed by atoms with van der Waals surface area (Å²) in [6.07, 6.45) is 80.8. The number of rotatable bonds is 56. The molecule has 3 atom stereocenters. The Morgan fingerprint density at radius 3 is 1.17 bits per heavy atom. The van der Waals surface area contributed by atoms with E-state index in [2.05, 4.69) is 104 Å². The number of likely N-dealkylation sites (N-methyl/N-ethyl adjacent to an activating group) is 1. The number of hydrogen-bond acceptors (Lipinski definition) is 5. The Morgan fingerprint density at radius 2 is 0.800 bits per heavy atom. The van der Waals surface area contributed by atoms with E-state index >= 15 is 0 Å². The summed E-state index contributed by atoms with van der Waals surface area (Å²) in [6.45, 7) is 4.71. The predicted molar refractivity (Wildman–Crippen MR) is 327 cm³/mol. The van der Waals surface area contributed by atoms with Gasteiger partial charge in [-0.15, -0.1) is 0 Å². The zero-order valence-electron chi connectivity index (χ0n) is 49.5. The molecule has 434 valence electrons. The fraction of sp³-hybridized carbons (Fsp3) is 0.742. The number of amides is 1. The summed E-state index contributed by atoms with van der Waals surface area (Å²) in [5.74, 6) is -0.190. The highest BCUT2D eigenvalue weighted by atomic mass is 31.2. The lowest BCUT2D eigenvalue weighted by molar-refractivity contribution is -0.870. The molecule has 75 heavy (non-hydrogen) atoms. The van der Waals surface area contributed by atoms with Crippen molar-refractivity contribution in [1.82, 2.24) is 5.32 Å². The van der Waals surface area contributed by atoms with E-state index in [1.165, 1.54) is 148 Å². The molecular weight excluding hydrogens is 948 g/mol. The molecule has 0 heterocycles. The highest BCUT2D eigenvalue weighted by Crippen LogP contribution is 2.43. The average molecular weight is 1070 g/mol. The molecule has 0 saturated heterocycles. The summed E-state index contributed by atoms with van der Waals surface area (Å²) >= 11 is 0. The SMILES string of the molecule is CC/C=C\C/C=C\C/C=C\C/C=C\C/C=C\C/C=C\C/C=C\CCCCCCCCCC(=O)NC(COP(=O)(O)OCC[N+](C)(C)C)C(O)/C=C/CCCCCCCCCCCCCCCCCCCCCCCC. The second-order valence-electron chi connectivity index (χ2n) is 22.1. The van der Waals surface area contributed by atoms with E-state index in [0.29, 0.717) is 17.4 Å². The van der Waals surface area contributed by atoms with E-state index in [0.717, 1.165) is 96.3 Å². The van der Waals surface area contributed by atoms with Gasteiger partial charge in [0.05, 0.1) is 39.9 Å². The fourth-order valence-electron chi connectivity index (χ4n) is 8.73. The largest absolute Gasteiger partial charge is 0.472 e. The molecule has 0 aliphatic rings. The van der Waals surface area contributed by atoms with Crippen LogP contribution in [0, 0.1) is 0 Å². The van der Waals surface area contributed by atoms with Gasteiger partial charge in [0.1, 0.15) is 13.2 Å². The maximum Gasteiger partial charge on any atom is 0.472 e. The molecule has 0 spiro atoms. The molecule has 0 aromatic heterocycles. The van der Waals surface area contributed by atoms with Crippen LogP contribution in [0.1, 0.15) is 264 Å². The van der Waals surface area contributed by atoms with Gasteiger partial charge in [-0.25, -0.2) is 4.57 Å². The maximum absolute atomic E-state index is 13.0. The van der Waals surface area contributed by atoms with Crippen LogP contribution in [0.25, 0.3) is 0 Å². The average Bonchev–Trinajstić information content (AvgIpc) is 3.37. The van der Waals surface area contributed by atoms with Gasteiger partial charge >= 0.3 is 7.82 Å². The number of carbonyl (C=O) groups excluding carboxylic acids is 1. The molecular formula is C66H120N2O6P+. The van der Waals surface area contributed by atoms with Crippen molar-refractivity contribution in [3.8, 4) is 0 Å². The summed E-state index contributed by atoms with van der Waals surface area (Å²) in [4.78, 5) is 23.4. The summed E-state index contributed by atoms with van der Waals surface area (Å²) in [5, 5.41) is 14.0. The van der Waals surface area contributed by atoms with Crippen molar-refractivity contribution in [1.29, 1.82) is 0 Å². The van der Waals surface area contributed by atoms with Crippen LogP contribution < -0.4 is 5.32 Å². The van der Waals surface area contributed by atoms with Gasteiger partial charge in [0.25, 0.3) is 0 Å². The highest BCUT2D eigenvalue weighted by molar-refractivity contribution is 7.47. The number of phosphoric ester groups is 1. The van der Waals surface area contributed by atoms with Crippen LogP contribution in [0.2, 0.25) is 0 Å². The molecule has 0 fully saturated rings. The number of allylic oxidation sites excluding steroid dienone is 15. The molecule has 1 amide bonds. The third-order valence-electron chi connectivity index (χ3n) is 13.6. The van der Waals surface area contributed by atoms with Crippen LogP contribution in [0.3, 0.4) is 0 Å². The van der Waals surface area contributed by atoms with E-state index in [1.807, 2.05) is 27.2 Å². The van der Waals surface area contributed by atoms with Crippen molar-refractivity contribution in [3.05, 3.63) is 97.2 Å². The Bertz CT molecular complexity index is 1540. The lowest BCUT2D eigenvalue weighted by atomic mass is 10.0. The highest BCUT2D eigenvalue weighted by Gasteiger charge is 2.27. The molecule has 3 N–H and O–H groups in total. The summed E-state index contributed by atoms with van der Waals surface area (Å²) in [5.41, 5.74) is 0. The zero-order valence-corrected chi connectivity index (χ0v) is 50.4. The number of nitrogens with zero attached hydrogens (tertiary/aromatic N) is 1. The van der Waals surface area contributed by atoms with E-state index in [9.17, 15) is 19.4 Å². The molecule has 0 aliphatic carbocycles. The lowest BCUT2D eigenvalue weighted by Crippen LogP contribution is -2.45. The third kappa shape index (κ3) is 58.9. The smallest absolute Gasteiger partial charge is 0.387 e. The number of aliphatic hydroxyl groups is 1. The number of phosphoric acid groups is 1. The number of quaternary nitrogens is 1. The van der Waals surface area contributed by atoms with Crippen LogP contribution in [0.4, 0.5) is 0 Å². The van der Waals surface area contributed by atoms with E-state index in [4.69, 9.17) is 9.05 Å². The third-order valence-corrected chi connectivity index (χ3v) is 14.5. The maximum atomic E-state index is 13.0. The first kappa shape index (κ1) is 72.4. The molecule has 3 unspecified atom stereocenters. The second kappa shape index (κ2) is 56.2. The van der Waals surface area contributed by atoms with Gasteiger partial charge in [-0.05, 0) is 77.0 Å². The quantitative estimate of drug-likeness (QED) is 0.0243. The van der Waals surface area contributed by atoms with Crippen LogP contribution >= 0.6 is 7.82 Å². The van der Waals surface area contributed by atoms with Crippen molar-refractivity contribution >= 4 is 13.7 Å². The Hall–Kier alpha value is -2.58. The lowest BCUT2D eigenvalue weighted by Gasteiger charge is -2.25. The van der Waals surface area contributed by atoms with Gasteiger partial charge in [0.15, 0.2) is 0 Å². The normalized spacial score (nSPS) is 14.5. The first-order valence-electron chi connectivity index (χ1n) is 31.1. The van der Waals surface area contributed by atoms with Crippen molar-refractivity contribution in [3.63, 3.8) is 0 Å². The minimum Gasteiger partial charge on any atom is -0.387 e. The van der Waals surface area contributed by atoms with Crippen LogP contribution in [-0.4, -0.2) is 73.4 Å². The molecule has 0 aromatic carbocycles. The number of unbranched alkanes of at least 4 members (excludes halogenated alkanes) is 29. The van der Waals surface area contributed by atoms with Crippen molar-refractivity contribution in [2.45, 2.75) is 276 Å². The first-order chi connectivity index (χ1) is 36.5. The zero-order chi connectivity index (χ0) is 54.9. The summed E-state index contributed by atoms with van der Waals surface area (Å²) in [6, 6.07) is -0.861. The number of aliphatic hydroxyl groups excluding tert-OH is 1. The fourth-order valence-corrected chi connectivity index (χ4v) is 9.47. The molecule has 0 aliphatic heterocycles. The minimum atomic E-state index is -4.36. The Morgan fingerprint density at radius 1 is 0.467 bits per heavy atom. The Balaban J connectivity index is 4.23. The van der Waals surface area contributed by atoms with Gasteiger partial charge in [-0.2, -0.15) is 0 Å². The summed E-state index contributed by atoms with van der Waals surface area (Å²) in [7, 11) is 1.56. The topological polar surface area (TPSA) is 105 Å². The Kier molecular flexibility index (Phi) is 54.2. The molecule has 0 bridgehead atoms. The number of hydrogen-bond donors (Lipinski definition) is 3. The standard InChI is InChI=1S/C66H119N2O6P/c1-6-8-10-12-14-16-18-20-22-24-26-28-30-32-33-34-35-36-38-40-42-44-46-48-50-52-54-56-58-60-66(70)67-64(63-74-75(71,72)73-62-61-68(3,4)5)65(69)59-57-55-53-51-49-47-45-43-41-39-37-31-29-27-25-23-21-19-17-15-13-11-9-7-2/h8,10,14,16,20,22,26,28,32-33,35-36,40,42,57,59,64-65,69H,6-7,9,11-13,15,17-19,21,23-25,27,29-31,34,37-39,41,43-56,58,60-63H2,1-5H3,(H-,67,70,71,72)/p+1/b10-8-,16-14-,22-20-,28-26-,33-32-,36-35-,42-40-,59-57+. The van der Waals surface area contributed by atoms with Gasteiger partial charge in [0, 0.05) is 6.42 Å². The van der Waals surface area contributed by atoms with Crippen LogP contribution in [0.5, 0.6) is 0 Å². The van der Waals surface area contributed by atoms with Crippen LogP contribution in [-0.2, 0) is 18.4 Å². The molecule has 0 rings (SSSR count). The summed E-state index contributed by atoms with van der Waals surface area (Å²) < 4.78 is 23.8. The minimum absolute atomic E-state index is 0.0546. The molecule has 0 radical (unpaired) electrons. The molecule has 0 saturated carbocycles. The van der Waals surface area contributed by atoms with E-state index < -0.39 is 20.0 Å². The van der Waals surface area contributed by atoms with Crippen molar-refractivity contribution in [2.75, 3.05) is 40.9 Å². The number of carbonyl (C=O) groups is 1. The van der Waals surface area contributed by atoms with Crippen molar-refractivity contribution in [2.24, 2.45) is 0 Å². The van der Waals surface area contributed by atoms with Gasteiger partial charge in [-0.1, -0.05) is 278 Å². The molecule has 8 nitrogen and oxygen atoms in total. The molecule has 9 heteroatoms. The van der Waals surface area contributed by atoms with E-state index in [1.54, 1.807) is 6.08 Å². The van der Waals surface area contributed by atoms with Gasteiger partial charge in [0.2, 0.25) is 5.91 Å². The van der Waals surface area contributed by atoms with E-state index in [-0.39, 0.29) is 19.1 Å². The second-order valence-corrected chi connectivity index (χ2v) is 23.5. The van der Waals surface area contributed by atoms with Crippen LogP contribution in [0.15, 0.2) is 97.2 Å². The Labute approximate surface area is 464 Å². The predicted octanol–water partition coefficient (Wildman–Crippen LogP) is 19.4. The number of nitrogens with one attached hydrogen (secondary N) is 1. The first-order valence-corrected chi connectivity index (χ1v) is 32.6. The van der Waals surface area contributed by atoms with Gasteiger partial charge < -0.3 is 19.8 Å². The van der Waals surface area contributed by atoms with Crippen molar-refractivity contribution < 1.29 is 32.9 Å².